The van der Waals surface area contributed by atoms with Crippen molar-refractivity contribution in [2.75, 3.05) is 43.2 Å². The predicted octanol–water partition coefficient (Wildman–Crippen LogP) is 1.50. The van der Waals surface area contributed by atoms with Crippen molar-refractivity contribution >= 4 is 29.0 Å². The van der Waals surface area contributed by atoms with Gasteiger partial charge in [0, 0.05) is 12.3 Å². The molecule has 4 nitrogen and oxygen atoms in total. The molecule has 0 aliphatic rings. The van der Waals surface area contributed by atoms with Crippen molar-refractivity contribution in [3.05, 3.63) is 24.3 Å². The fraction of sp³-hybridized carbons (Fsp3) is 0.417. The Kier molecular flexibility index (Phi) is 5.86. The van der Waals surface area contributed by atoms with E-state index < -0.39 is 0 Å². The molecule has 1 rings (SSSR count). The zero-order valence-electron chi connectivity index (χ0n) is 10.3. The number of nitrogens with two attached hydrogens (primary N) is 1. The third-order valence-corrected chi connectivity index (χ3v) is 2.92. The standard InChI is InChI=1S/C12H19N3OS/c1-15(7-8-17-2)9-12(16)14-11-6-4-3-5-10(11)13/h3-6H,7-9,13H2,1-2H3,(H,14,16). The van der Waals surface area contributed by atoms with Crippen molar-refractivity contribution in [3.8, 4) is 0 Å². The molecular weight excluding hydrogens is 234 g/mol. The first-order valence-corrected chi connectivity index (χ1v) is 6.84. The molecule has 0 aromatic heterocycles. The monoisotopic (exact) mass is 253 g/mol. The lowest BCUT2D eigenvalue weighted by molar-refractivity contribution is -0.117. The van der Waals surface area contributed by atoms with Gasteiger partial charge in [0.25, 0.3) is 0 Å². The minimum Gasteiger partial charge on any atom is -0.397 e. The molecule has 3 N–H and O–H groups in total. The smallest absolute Gasteiger partial charge is 0.238 e. The van der Waals surface area contributed by atoms with Crippen LogP contribution in [0.1, 0.15) is 0 Å². The number of carbonyl (C=O) groups is 1. The number of thioether (sulfide) groups is 1. The molecule has 0 atom stereocenters. The van der Waals surface area contributed by atoms with Crippen LogP contribution in [0.25, 0.3) is 0 Å². The van der Waals surface area contributed by atoms with E-state index >= 15 is 0 Å². The van der Waals surface area contributed by atoms with Crippen LogP contribution in [0.4, 0.5) is 11.4 Å². The first kappa shape index (κ1) is 13.9. The topological polar surface area (TPSA) is 58.4 Å². The lowest BCUT2D eigenvalue weighted by Gasteiger charge is -2.15. The molecular formula is C12H19N3OS. The van der Waals surface area contributed by atoms with E-state index in [1.165, 1.54) is 0 Å². The minimum absolute atomic E-state index is 0.0356. The quantitative estimate of drug-likeness (QED) is 0.754. The zero-order chi connectivity index (χ0) is 12.7. The van der Waals surface area contributed by atoms with Gasteiger partial charge in [0.2, 0.25) is 5.91 Å². The van der Waals surface area contributed by atoms with Crippen LogP contribution in [-0.2, 0) is 4.79 Å². The molecule has 1 aromatic carbocycles. The Bertz CT molecular complexity index is 371. The van der Waals surface area contributed by atoms with Gasteiger partial charge in [-0.05, 0) is 25.4 Å². The molecule has 0 radical (unpaired) electrons. The summed E-state index contributed by atoms with van der Waals surface area (Å²) >= 11 is 1.77. The second-order valence-electron chi connectivity index (χ2n) is 3.87. The van der Waals surface area contributed by atoms with Gasteiger partial charge >= 0.3 is 0 Å². The molecule has 0 aliphatic heterocycles. The molecule has 0 heterocycles. The fourth-order valence-corrected chi connectivity index (χ4v) is 1.87. The summed E-state index contributed by atoms with van der Waals surface area (Å²) in [5.41, 5.74) is 7.02. The van der Waals surface area contributed by atoms with Crippen molar-refractivity contribution in [3.63, 3.8) is 0 Å². The molecule has 0 saturated carbocycles. The molecule has 5 heteroatoms. The highest BCUT2D eigenvalue weighted by Crippen LogP contribution is 2.16. The Morgan fingerprint density at radius 2 is 2.18 bits per heavy atom. The van der Waals surface area contributed by atoms with Crippen molar-refractivity contribution < 1.29 is 4.79 Å². The average molecular weight is 253 g/mol. The number of likely N-dealkylation sites (N-methyl/N-ethyl adjacent to an activating group) is 1. The highest BCUT2D eigenvalue weighted by atomic mass is 32.2. The van der Waals surface area contributed by atoms with E-state index in [0.717, 1.165) is 12.3 Å². The van der Waals surface area contributed by atoms with Gasteiger partial charge in [-0.15, -0.1) is 0 Å². The summed E-state index contributed by atoms with van der Waals surface area (Å²) < 4.78 is 0. The maximum Gasteiger partial charge on any atom is 0.238 e. The second kappa shape index (κ2) is 7.19. The average Bonchev–Trinajstić information content (AvgIpc) is 2.29. The molecule has 17 heavy (non-hydrogen) atoms. The van der Waals surface area contributed by atoms with Crippen molar-refractivity contribution in [1.29, 1.82) is 0 Å². The highest BCUT2D eigenvalue weighted by Gasteiger charge is 2.07. The number of nitrogens with one attached hydrogen (secondary N) is 1. The van der Waals surface area contributed by atoms with E-state index in [9.17, 15) is 4.79 Å². The van der Waals surface area contributed by atoms with Crippen LogP contribution in [0.2, 0.25) is 0 Å². The van der Waals surface area contributed by atoms with E-state index in [0.29, 0.717) is 17.9 Å². The SMILES string of the molecule is CSCCN(C)CC(=O)Nc1ccccc1N. The molecule has 0 unspecified atom stereocenters. The van der Waals surface area contributed by atoms with E-state index in [1.54, 1.807) is 23.9 Å². The normalized spacial score (nSPS) is 10.5. The Morgan fingerprint density at radius 3 is 2.82 bits per heavy atom. The molecule has 0 aliphatic carbocycles. The van der Waals surface area contributed by atoms with Crippen molar-refractivity contribution in [2.24, 2.45) is 0 Å². The summed E-state index contributed by atoms with van der Waals surface area (Å²) in [5.74, 6) is 0.989. The lowest BCUT2D eigenvalue weighted by atomic mass is 10.2. The summed E-state index contributed by atoms with van der Waals surface area (Å²) in [6.07, 6.45) is 2.05. The number of carbonyl (C=O) groups excluding carboxylic acids is 1. The van der Waals surface area contributed by atoms with Gasteiger partial charge in [-0.2, -0.15) is 11.8 Å². The van der Waals surface area contributed by atoms with Crippen LogP contribution in [-0.4, -0.2) is 43.0 Å². The van der Waals surface area contributed by atoms with Crippen LogP contribution < -0.4 is 11.1 Å². The van der Waals surface area contributed by atoms with Gasteiger partial charge in [0.15, 0.2) is 0 Å². The second-order valence-corrected chi connectivity index (χ2v) is 4.85. The first-order valence-electron chi connectivity index (χ1n) is 5.45. The molecule has 0 saturated heterocycles. The van der Waals surface area contributed by atoms with Crippen molar-refractivity contribution in [2.45, 2.75) is 0 Å². The zero-order valence-corrected chi connectivity index (χ0v) is 11.1. The van der Waals surface area contributed by atoms with E-state index in [2.05, 4.69) is 11.6 Å². The molecule has 0 fully saturated rings. The van der Waals surface area contributed by atoms with Gasteiger partial charge in [0.1, 0.15) is 0 Å². The fourth-order valence-electron chi connectivity index (χ4n) is 1.37. The van der Waals surface area contributed by atoms with E-state index in [4.69, 9.17) is 5.73 Å². The van der Waals surface area contributed by atoms with Crippen LogP contribution in [0, 0.1) is 0 Å². The van der Waals surface area contributed by atoms with Crippen molar-refractivity contribution in [1.82, 2.24) is 4.90 Å². The summed E-state index contributed by atoms with van der Waals surface area (Å²) in [7, 11) is 1.93. The van der Waals surface area contributed by atoms with E-state index in [1.807, 2.05) is 24.1 Å². The summed E-state index contributed by atoms with van der Waals surface area (Å²) in [4.78, 5) is 13.7. The number of rotatable bonds is 6. The van der Waals surface area contributed by atoms with Gasteiger partial charge in [-0.1, -0.05) is 12.1 Å². The molecule has 0 bridgehead atoms. The number of nitrogen functional groups attached to an aromatic ring is 1. The predicted molar refractivity (Wildman–Crippen MR) is 75.4 cm³/mol. The Balaban J connectivity index is 2.42. The number of anilines is 2. The molecule has 0 spiro atoms. The first-order chi connectivity index (χ1) is 8.13. The van der Waals surface area contributed by atoms with Crippen LogP contribution in [0.3, 0.4) is 0 Å². The van der Waals surface area contributed by atoms with Gasteiger partial charge < -0.3 is 11.1 Å². The number of amides is 1. The molecule has 1 aromatic rings. The number of nitrogens with zero attached hydrogens (tertiary/aromatic N) is 1. The van der Waals surface area contributed by atoms with Crippen LogP contribution in [0.5, 0.6) is 0 Å². The Hall–Kier alpha value is -1.20. The van der Waals surface area contributed by atoms with Gasteiger partial charge in [-0.25, -0.2) is 0 Å². The van der Waals surface area contributed by atoms with Crippen LogP contribution >= 0.6 is 11.8 Å². The molecule has 1 amide bonds. The third-order valence-electron chi connectivity index (χ3n) is 2.33. The van der Waals surface area contributed by atoms with Gasteiger partial charge in [-0.3, -0.25) is 9.69 Å². The minimum atomic E-state index is -0.0356. The summed E-state index contributed by atoms with van der Waals surface area (Å²) in [6.45, 7) is 1.29. The number of para-hydroxylation sites is 2. The van der Waals surface area contributed by atoms with E-state index in [-0.39, 0.29) is 5.91 Å². The van der Waals surface area contributed by atoms with Gasteiger partial charge in [0.05, 0.1) is 17.9 Å². The number of hydrogen-bond donors (Lipinski definition) is 2. The molecule has 94 valence electrons. The number of hydrogen-bond acceptors (Lipinski definition) is 4. The lowest BCUT2D eigenvalue weighted by Crippen LogP contribution is -2.31. The highest BCUT2D eigenvalue weighted by molar-refractivity contribution is 7.98. The third kappa shape index (κ3) is 5.10. The largest absolute Gasteiger partial charge is 0.397 e. The van der Waals surface area contributed by atoms with Crippen LogP contribution in [0.15, 0.2) is 24.3 Å². The maximum atomic E-state index is 11.7. The summed E-state index contributed by atoms with van der Waals surface area (Å²) in [5, 5.41) is 2.81. The Morgan fingerprint density at radius 1 is 1.47 bits per heavy atom. The number of benzene rings is 1. The Labute approximate surface area is 107 Å². The summed E-state index contributed by atoms with van der Waals surface area (Å²) in [6, 6.07) is 7.27. The maximum absolute atomic E-state index is 11.7.